The lowest BCUT2D eigenvalue weighted by Gasteiger charge is -2.10. The first kappa shape index (κ1) is 11.3. The summed E-state index contributed by atoms with van der Waals surface area (Å²) >= 11 is 0. The zero-order valence-corrected chi connectivity index (χ0v) is 8.44. The Morgan fingerprint density at radius 1 is 1.47 bits per heavy atom. The quantitative estimate of drug-likeness (QED) is 0.710. The van der Waals surface area contributed by atoms with Crippen LogP contribution in [0.25, 0.3) is 0 Å². The van der Waals surface area contributed by atoms with Gasteiger partial charge in [0.1, 0.15) is 0 Å². The average Bonchev–Trinajstić information content (AvgIpc) is 2.27. The van der Waals surface area contributed by atoms with Crippen LogP contribution in [0.4, 0.5) is 0 Å². The highest BCUT2D eigenvalue weighted by Gasteiger charge is 2.10. The summed E-state index contributed by atoms with van der Waals surface area (Å²) < 4.78 is 0. The summed E-state index contributed by atoms with van der Waals surface area (Å²) in [6.07, 6.45) is 5.28. The molecule has 0 aliphatic carbocycles. The van der Waals surface area contributed by atoms with E-state index in [-0.39, 0.29) is 24.9 Å². The number of amides is 1. The van der Waals surface area contributed by atoms with Crippen molar-refractivity contribution in [2.75, 3.05) is 6.54 Å². The molecule has 3 nitrogen and oxygen atoms in total. The minimum Gasteiger partial charge on any atom is -0.345 e. The number of nitrogens with two attached hydrogens (primary N) is 1. The van der Waals surface area contributed by atoms with Gasteiger partial charge in [0.25, 0.3) is 0 Å². The summed E-state index contributed by atoms with van der Waals surface area (Å²) in [5, 5.41) is 2.58. The van der Waals surface area contributed by atoms with Crippen LogP contribution in [-0.4, -0.2) is 12.5 Å². The van der Waals surface area contributed by atoms with Crippen molar-refractivity contribution in [3.05, 3.63) is 35.9 Å². The van der Waals surface area contributed by atoms with E-state index < -0.39 is 0 Å². The molecule has 1 unspecified atom stereocenters. The van der Waals surface area contributed by atoms with E-state index in [1.165, 1.54) is 0 Å². The third kappa shape index (κ3) is 3.84. The lowest BCUT2D eigenvalue weighted by atomic mass is 10.0. The van der Waals surface area contributed by atoms with Gasteiger partial charge < -0.3 is 11.1 Å². The summed E-state index contributed by atoms with van der Waals surface area (Å²) in [5.41, 5.74) is 6.81. The van der Waals surface area contributed by atoms with Crippen molar-refractivity contribution in [1.82, 2.24) is 5.32 Å². The normalized spacial score (nSPS) is 11.5. The van der Waals surface area contributed by atoms with Crippen molar-refractivity contribution in [2.45, 2.75) is 12.5 Å². The highest BCUT2D eigenvalue weighted by Crippen LogP contribution is 2.12. The molecule has 1 amide bonds. The van der Waals surface area contributed by atoms with Gasteiger partial charge in [-0.25, -0.2) is 0 Å². The van der Waals surface area contributed by atoms with Crippen LogP contribution in [-0.2, 0) is 4.79 Å². The van der Waals surface area contributed by atoms with E-state index in [0.717, 1.165) is 5.56 Å². The fourth-order valence-corrected chi connectivity index (χ4v) is 1.24. The van der Waals surface area contributed by atoms with Gasteiger partial charge in [-0.05, 0) is 5.56 Å². The first-order valence-electron chi connectivity index (χ1n) is 4.74. The lowest BCUT2D eigenvalue weighted by molar-refractivity contribution is -0.121. The van der Waals surface area contributed by atoms with Crippen LogP contribution < -0.4 is 11.1 Å². The minimum absolute atomic E-state index is 0.121. The number of hydrogen-bond acceptors (Lipinski definition) is 2. The van der Waals surface area contributed by atoms with E-state index in [0.29, 0.717) is 0 Å². The van der Waals surface area contributed by atoms with Crippen LogP contribution in [0.3, 0.4) is 0 Å². The van der Waals surface area contributed by atoms with Gasteiger partial charge in [0.2, 0.25) is 5.91 Å². The Bertz CT molecular complexity index is 354. The van der Waals surface area contributed by atoms with E-state index in [1.54, 1.807) is 0 Å². The van der Waals surface area contributed by atoms with Crippen molar-refractivity contribution in [1.29, 1.82) is 0 Å². The number of benzene rings is 1. The molecule has 1 rings (SSSR count). The number of carbonyl (C=O) groups excluding carboxylic acids is 1. The molecule has 78 valence electrons. The molecule has 0 saturated carbocycles. The fraction of sp³-hybridized carbons (Fsp3) is 0.250. The molecule has 0 fully saturated rings. The first-order valence-corrected chi connectivity index (χ1v) is 4.74. The molecule has 0 aliphatic rings. The molecule has 0 aromatic heterocycles. The molecule has 3 N–H and O–H groups in total. The van der Waals surface area contributed by atoms with Gasteiger partial charge in [0.05, 0.1) is 6.54 Å². The van der Waals surface area contributed by atoms with Crippen LogP contribution in [0.1, 0.15) is 18.0 Å². The molecule has 0 radical (unpaired) electrons. The number of nitrogens with one attached hydrogen (secondary N) is 1. The Morgan fingerprint density at radius 2 is 2.13 bits per heavy atom. The smallest absolute Gasteiger partial charge is 0.222 e. The zero-order valence-electron chi connectivity index (χ0n) is 8.44. The highest BCUT2D eigenvalue weighted by atomic mass is 16.1. The molecule has 1 aromatic carbocycles. The second-order valence-corrected chi connectivity index (χ2v) is 3.20. The molecule has 1 atom stereocenters. The standard InChI is InChI=1S/C12H14N2O/c1-2-8-14-12(15)9-11(13)10-6-4-3-5-7-10/h1,3-7,11H,8-9,13H2,(H,14,15). The van der Waals surface area contributed by atoms with Crippen LogP contribution in [0.15, 0.2) is 30.3 Å². The average molecular weight is 202 g/mol. The van der Waals surface area contributed by atoms with E-state index >= 15 is 0 Å². The lowest BCUT2D eigenvalue weighted by Crippen LogP contribution is -2.27. The molecule has 0 spiro atoms. The molecule has 0 saturated heterocycles. The Labute approximate surface area is 89.7 Å². The van der Waals surface area contributed by atoms with Crippen molar-refractivity contribution in [3.8, 4) is 12.3 Å². The predicted octanol–water partition coefficient (Wildman–Crippen LogP) is 0.826. The van der Waals surface area contributed by atoms with Gasteiger partial charge in [-0.2, -0.15) is 0 Å². The maximum absolute atomic E-state index is 11.3. The van der Waals surface area contributed by atoms with Crippen molar-refractivity contribution in [3.63, 3.8) is 0 Å². The maximum atomic E-state index is 11.3. The molecule has 0 bridgehead atoms. The molecule has 3 heteroatoms. The topological polar surface area (TPSA) is 55.1 Å². The number of terminal acetylenes is 1. The summed E-state index contributed by atoms with van der Waals surface area (Å²) in [6, 6.07) is 9.24. The summed E-state index contributed by atoms with van der Waals surface area (Å²) in [4.78, 5) is 11.3. The summed E-state index contributed by atoms with van der Waals surface area (Å²) in [6.45, 7) is 0.250. The predicted molar refractivity (Wildman–Crippen MR) is 59.8 cm³/mol. The SMILES string of the molecule is C#CCNC(=O)CC(N)c1ccccc1. The van der Waals surface area contributed by atoms with Gasteiger partial charge in [-0.1, -0.05) is 36.3 Å². The molecule has 1 aromatic rings. The monoisotopic (exact) mass is 202 g/mol. The van der Waals surface area contributed by atoms with Crippen LogP contribution in [0.2, 0.25) is 0 Å². The first-order chi connectivity index (χ1) is 7.24. The molecule has 0 heterocycles. The van der Waals surface area contributed by atoms with Gasteiger partial charge in [-0.15, -0.1) is 6.42 Å². The van der Waals surface area contributed by atoms with Gasteiger partial charge in [0.15, 0.2) is 0 Å². The Balaban J connectivity index is 2.46. The fourth-order valence-electron chi connectivity index (χ4n) is 1.24. The number of carbonyl (C=O) groups is 1. The van der Waals surface area contributed by atoms with Crippen LogP contribution in [0.5, 0.6) is 0 Å². The molecule has 0 aliphatic heterocycles. The largest absolute Gasteiger partial charge is 0.345 e. The maximum Gasteiger partial charge on any atom is 0.222 e. The van der Waals surface area contributed by atoms with E-state index in [2.05, 4.69) is 11.2 Å². The van der Waals surface area contributed by atoms with Gasteiger partial charge >= 0.3 is 0 Å². The van der Waals surface area contributed by atoms with E-state index in [9.17, 15) is 4.79 Å². The zero-order chi connectivity index (χ0) is 11.1. The van der Waals surface area contributed by atoms with E-state index in [4.69, 9.17) is 12.2 Å². The number of rotatable bonds is 4. The summed E-state index contributed by atoms with van der Waals surface area (Å²) in [7, 11) is 0. The van der Waals surface area contributed by atoms with E-state index in [1.807, 2.05) is 30.3 Å². The molecule has 15 heavy (non-hydrogen) atoms. The number of hydrogen-bond donors (Lipinski definition) is 2. The van der Waals surface area contributed by atoms with Gasteiger partial charge in [0, 0.05) is 12.5 Å². The Morgan fingerprint density at radius 3 is 2.73 bits per heavy atom. The minimum atomic E-state index is -0.274. The Hall–Kier alpha value is -1.79. The van der Waals surface area contributed by atoms with Crippen LogP contribution in [0, 0.1) is 12.3 Å². The second-order valence-electron chi connectivity index (χ2n) is 3.20. The third-order valence-electron chi connectivity index (χ3n) is 2.02. The highest BCUT2D eigenvalue weighted by molar-refractivity contribution is 5.77. The second kappa shape index (κ2) is 5.84. The van der Waals surface area contributed by atoms with Gasteiger partial charge in [-0.3, -0.25) is 4.79 Å². The van der Waals surface area contributed by atoms with Crippen molar-refractivity contribution >= 4 is 5.91 Å². The van der Waals surface area contributed by atoms with Crippen LogP contribution >= 0.6 is 0 Å². The molecular weight excluding hydrogens is 188 g/mol. The summed E-state index contributed by atoms with van der Waals surface area (Å²) in [5.74, 6) is 2.22. The van der Waals surface area contributed by atoms with Crippen molar-refractivity contribution < 1.29 is 4.79 Å². The third-order valence-corrected chi connectivity index (χ3v) is 2.02. The molecular formula is C12H14N2O. The van der Waals surface area contributed by atoms with Crippen molar-refractivity contribution in [2.24, 2.45) is 5.73 Å². The Kier molecular flexibility index (Phi) is 4.39.